The highest BCUT2D eigenvalue weighted by Gasteiger charge is 2.45. The van der Waals surface area contributed by atoms with E-state index in [2.05, 4.69) is 14.8 Å². The number of hydrogen-bond donors (Lipinski definition) is 4. The Hall–Kier alpha value is -3.81. The maximum absolute atomic E-state index is 13.0. The van der Waals surface area contributed by atoms with Gasteiger partial charge in [-0.2, -0.15) is 16.8 Å². The molecule has 6 amide bonds. The van der Waals surface area contributed by atoms with E-state index in [0.717, 1.165) is 24.3 Å². The molecule has 1 aromatic rings. The highest BCUT2D eigenvalue weighted by atomic mass is 32.3. The van der Waals surface area contributed by atoms with E-state index < -0.39 is 69.0 Å². The van der Waals surface area contributed by atoms with Crippen LogP contribution in [0.5, 0.6) is 5.75 Å². The molecule has 2 aliphatic rings. The lowest BCUT2D eigenvalue weighted by Crippen LogP contribution is -2.66. The monoisotopic (exact) mass is 563 g/mol. The number of likely N-dealkylation sites (N-methyl/N-ethyl adjacent to an activating group) is 1. The van der Waals surface area contributed by atoms with Gasteiger partial charge in [-0.25, -0.2) is 9.10 Å². The minimum Gasteiger partial charge on any atom is -0.362 e. The van der Waals surface area contributed by atoms with Crippen LogP contribution in [-0.4, -0.2) is 102 Å². The predicted octanol–water partition coefficient (Wildman–Crippen LogP) is -2.56. The smallest absolute Gasteiger partial charge is 0.362 e. The molecule has 202 valence electrons. The van der Waals surface area contributed by atoms with Crippen LogP contribution in [0.1, 0.15) is 18.5 Å². The minimum atomic E-state index is -4.85. The molecule has 0 spiro atoms. The summed E-state index contributed by atoms with van der Waals surface area (Å²) in [4.78, 5) is 64.1. The summed E-state index contributed by atoms with van der Waals surface area (Å²) in [6.45, 7) is 1.16. The highest BCUT2D eigenvalue weighted by molar-refractivity contribution is 7.84. The van der Waals surface area contributed by atoms with E-state index in [1.165, 1.54) is 4.90 Å². The predicted molar refractivity (Wildman–Crippen MR) is 119 cm³/mol. The number of benzene rings is 1. The Bertz CT molecular complexity index is 1350. The molecule has 1 aromatic carbocycles. The third kappa shape index (κ3) is 6.31. The number of nitrogens with zero attached hydrogens (tertiary/aromatic N) is 3. The van der Waals surface area contributed by atoms with Crippen LogP contribution in [0.3, 0.4) is 0 Å². The summed E-state index contributed by atoms with van der Waals surface area (Å²) in [5.74, 6) is -4.61. The van der Waals surface area contributed by atoms with Crippen molar-refractivity contribution in [2.75, 3.05) is 26.2 Å². The number of amides is 6. The lowest BCUT2D eigenvalue weighted by molar-refractivity contribution is -0.153. The van der Waals surface area contributed by atoms with Gasteiger partial charge >= 0.3 is 38.5 Å². The zero-order valence-corrected chi connectivity index (χ0v) is 20.6. The number of piperazine rings is 1. The lowest BCUT2D eigenvalue weighted by atomic mass is 10.0. The zero-order chi connectivity index (χ0) is 27.7. The number of urea groups is 1. The van der Waals surface area contributed by atoms with E-state index in [1.54, 1.807) is 6.92 Å². The van der Waals surface area contributed by atoms with E-state index in [1.807, 2.05) is 0 Å². The Morgan fingerprint density at radius 1 is 1.05 bits per heavy atom. The van der Waals surface area contributed by atoms with Gasteiger partial charge in [0.25, 0.3) is 5.91 Å². The third-order valence-corrected chi connectivity index (χ3v) is 6.66. The molecular formula is C18H21N5O12S2. The van der Waals surface area contributed by atoms with Gasteiger partial charge in [0, 0.05) is 19.6 Å². The van der Waals surface area contributed by atoms with E-state index in [-0.39, 0.29) is 35.3 Å². The average molecular weight is 564 g/mol. The Morgan fingerprint density at radius 2 is 1.68 bits per heavy atom. The second-order valence-electron chi connectivity index (χ2n) is 7.71. The van der Waals surface area contributed by atoms with Crippen molar-refractivity contribution in [1.29, 1.82) is 0 Å². The molecule has 19 heteroatoms. The maximum atomic E-state index is 13.0. The molecule has 0 radical (unpaired) electrons. The Morgan fingerprint density at radius 3 is 2.19 bits per heavy atom. The maximum Gasteiger partial charge on any atom is 0.446 e. The van der Waals surface area contributed by atoms with Crippen LogP contribution in [0.15, 0.2) is 24.3 Å². The number of nitrogens with one attached hydrogen (secondary N) is 2. The molecule has 37 heavy (non-hydrogen) atoms. The second kappa shape index (κ2) is 10.3. The van der Waals surface area contributed by atoms with E-state index in [4.69, 9.17) is 9.11 Å². The van der Waals surface area contributed by atoms with Crippen molar-refractivity contribution in [3.63, 3.8) is 0 Å². The van der Waals surface area contributed by atoms with Gasteiger partial charge in [0.1, 0.15) is 17.8 Å². The molecule has 2 aliphatic heterocycles. The van der Waals surface area contributed by atoms with Crippen LogP contribution in [0.4, 0.5) is 4.79 Å². The summed E-state index contributed by atoms with van der Waals surface area (Å²) in [6.07, 6.45) is 0. The van der Waals surface area contributed by atoms with E-state index >= 15 is 0 Å². The van der Waals surface area contributed by atoms with Gasteiger partial charge in [0.2, 0.25) is 5.91 Å². The fraction of sp³-hybridized carbons (Fsp3) is 0.389. The first-order valence-corrected chi connectivity index (χ1v) is 13.2. The largest absolute Gasteiger partial charge is 0.446 e. The van der Waals surface area contributed by atoms with Gasteiger partial charge in [0.05, 0.1) is 6.54 Å². The van der Waals surface area contributed by atoms with Crippen LogP contribution >= 0.6 is 0 Å². The van der Waals surface area contributed by atoms with Crippen LogP contribution in [0.2, 0.25) is 0 Å². The molecule has 2 atom stereocenters. The molecule has 2 saturated heterocycles. The summed E-state index contributed by atoms with van der Waals surface area (Å²) < 4.78 is 66.1. The lowest BCUT2D eigenvalue weighted by Gasteiger charge is -2.36. The molecule has 0 bridgehead atoms. The standard InChI is InChI=1S/C18H21N5O12S2/c1-2-21-7-8-22(17(27)16(21)26)18(28)20-13(10-3-5-11(6-4-10)35-37(32,33)34)14(24)19-12-9-23(15(12)25)36(29,30)31/h3-6,12-13H,2,7-9H2,1H3,(H,19,24)(H,20,28)(H,29,30,31)(H,32,33,34). The van der Waals surface area contributed by atoms with Crippen LogP contribution in [0, 0.1) is 0 Å². The molecule has 3 rings (SSSR count). The fourth-order valence-corrected chi connectivity index (χ4v) is 4.52. The topological polar surface area (TPSA) is 237 Å². The van der Waals surface area contributed by atoms with Gasteiger partial charge in [0.15, 0.2) is 0 Å². The van der Waals surface area contributed by atoms with Crippen molar-refractivity contribution in [1.82, 2.24) is 24.7 Å². The van der Waals surface area contributed by atoms with Crippen molar-refractivity contribution >= 4 is 50.4 Å². The average Bonchev–Trinajstić information content (AvgIpc) is 2.79. The number of β-lactam (4-membered cyclic amide) rings is 1. The minimum absolute atomic E-state index is 0.0158. The summed E-state index contributed by atoms with van der Waals surface area (Å²) >= 11 is 0. The molecule has 0 aliphatic carbocycles. The van der Waals surface area contributed by atoms with Gasteiger partial charge in [-0.1, -0.05) is 12.1 Å². The first-order chi connectivity index (χ1) is 17.1. The number of imide groups is 1. The molecular weight excluding hydrogens is 542 g/mol. The molecule has 17 nitrogen and oxygen atoms in total. The molecule has 4 N–H and O–H groups in total. The molecule has 0 aromatic heterocycles. The molecule has 2 unspecified atom stereocenters. The van der Waals surface area contributed by atoms with Gasteiger partial charge < -0.3 is 19.7 Å². The first kappa shape index (κ1) is 27.8. The normalized spacial score (nSPS) is 19.3. The van der Waals surface area contributed by atoms with Crippen molar-refractivity contribution in [2.45, 2.75) is 19.0 Å². The number of carbonyl (C=O) groups is 5. The Kier molecular flexibility index (Phi) is 7.72. The van der Waals surface area contributed by atoms with Gasteiger partial charge in [-0.3, -0.25) is 33.2 Å². The second-order valence-corrected chi connectivity index (χ2v) is 10.1. The molecule has 0 saturated carbocycles. The third-order valence-electron chi connectivity index (χ3n) is 5.37. The number of hydrogen-bond acceptors (Lipinski definition) is 10. The van der Waals surface area contributed by atoms with Crippen LogP contribution < -0.4 is 14.8 Å². The van der Waals surface area contributed by atoms with Gasteiger partial charge in [-0.15, -0.1) is 0 Å². The molecule has 2 fully saturated rings. The van der Waals surface area contributed by atoms with Gasteiger partial charge in [-0.05, 0) is 24.6 Å². The Balaban J connectivity index is 1.82. The van der Waals surface area contributed by atoms with E-state index in [0.29, 0.717) is 4.90 Å². The van der Waals surface area contributed by atoms with E-state index in [9.17, 15) is 40.8 Å². The summed E-state index contributed by atoms with van der Waals surface area (Å²) in [7, 11) is -9.68. The molecule has 2 heterocycles. The summed E-state index contributed by atoms with van der Waals surface area (Å²) in [5, 5.41) is 4.44. The Labute approximate surface area is 210 Å². The first-order valence-electron chi connectivity index (χ1n) is 10.4. The SMILES string of the molecule is CCN1CCN(C(=O)NC(C(=O)NC2CN(S(=O)(=O)O)C2=O)c2ccc(OS(=O)(=O)O)cc2)C(=O)C1=O. The van der Waals surface area contributed by atoms with Crippen molar-refractivity contribution in [3.05, 3.63) is 29.8 Å². The van der Waals surface area contributed by atoms with Crippen molar-refractivity contribution in [3.8, 4) is 5.75 Å². The highest BCUT2D eigenvalue weighted by Crippen LogP contribution is 2.22. The van der Waals surface area contributed by atoms with Crippen molar-refractivity contribution < 1.29 is 54.1 Å². The number of rotatable bonds is 8. The fourth-order valence-electron chi connectivity index (χ4n) is 3.47. The summed E-state index contributed by atoms with van der Waals surface area (Å²) in [6, 6.07) is 0.170. The van der Waals surface area contributed by atoms with Crippen molar-refractivity contribution in [2.24, 2.45) is 0 Å². The van der Waals surface area contributed by atoms with Crippen LogP contribution in [-0.2, 0) is 39.9 Å². The zero-order valence-electron chi connectivity index (χ0n) is 18.9. The number of carbonyl (C=O) groups excluding carboxylic acids is 5. The van der Waals surface area contributed by atoms with Crippen LogP contribution in [0.25, 0.3) is 0 Å². The quantitative estimate of drug-likeness (QED) is 0.145. The summed E-state index contributed by atoms with van der Waals surface area (Å²) in [5.41, 5.74) is -0.0158.